The van der Waals surface area contributed by atoms with E-state index in [0.717, 1.165) is 22.6 Å². The average molecular weight is 233 g/mol. The SMILES string of the molecule is COc1ccc2nc(C(CN)C(C)C)[nH]c2c1. The van der Waals surface area contributed by atoms with Crippen LogP contribution in [0.3, 0.4) is 0 Å². The lowest BCUT2D eigenvalue weighted by Gasteiger charge is -2.15. The predicted molar refractivity (Wildman–Crippen MR) is 69.3 cm³/mol. The number of methoxy groups -OCH3 is 1. The Morgan fingerprint density at radius 3 is 2.76 bits per heavy atom. The van der Waals surface area contributed by atoms with Gasteiger partial charge in [0.05, 0.1) is 18.1 Å². The lowest BCUT2D eigenvalue weighted by Crippen LogP contribution is -2.18. The van der Waals surface area contributed by atoms with Crippen LogP contribution in [0.15, 0.2) is 18.2 Å². The molecular weight excluding hydrogens is 214 g/mol. The van der Waals surface area contributed by atoms with Crippen LogP contribution >= 0.6 is 0 Å². The fourth-order valence-electron chi connectivity index (χ4n) is 2.01. The van der Waals surface area contributed by atoms with E-state index in [-0.39, 0.29) is 5.92 Å². The number of nitrogens with zero attached hydrogens (tertiary/aromatic N) is 1. The van der Waals surface area contributed by atoms with Crippen molar-refractivity contribution >= 4 is 11.0 Å². The Bertz CT molecular complexity index is 504. The molecule has 0 aliphatic rings. The molecule has 0 radical (unpaired) electrons. The molecule has 1 aromatic carbocycles. The largest absolute Gasteiger partial charge is 0.497 e. The quantitative estimate of drug-likeness (QED) is 0.851. The fourth-order valence-corrected chi connectivity index (χ4v) is 2.01. The minimum atomic E-state index is 0.272. The Morgan fingerprint density at radius 1 is 1.41 bits per heavy atom. The molecule has 1 unspecified atom stereocenters. The van der Waals surface area contributed by atoms with Crippen molar-refractivity contribution in [3.63, 3.8) is 0 Å². The molecule has 0 aliphatic heterocycles. The number of H-pyrrole nitrogens is 1. The fraction of sp³-hybridized carbons (Fsp3) is 0.462. The Balaban J connectivity index is 2.43. The zero-order valence-corrected chi connectivity index (χ0v) is 10.5. The average Bonchev–Trinajstić information content (AvgIpc) is 2.71. The molecule has 4 heteroatoms. The third-order valence-electron chi connectivity index (χ3n) is 3.12. The highest BCUT2D eigenvalue weighted by Gasteiger charge is 2.17. The number of hydrogen-bond donors (Lipinski definition) is 2. The monoisotopic (exact) mass is 233 g/mol. The van der Waals surface area contributed by atoms with Gasteiger partial charge in [0.1, 0.15) is 11.6 Å². The van der Waals surface area contributed by atoms with E-state index in [2.05, 4.69) is 23.8 Å². The maximum Gasteiger partial charge on any atom is 0.121 e. The molecule has 0 bridgehead atoms. The summed E-state index contributed by atoms with van der Waals surface area (Å²) in [6, 6.07) is 5.83. The van der Waals surface area contributed by atoms with Crippen molar-refractivity contribution in [2.75, 3.05) is 13.7 Å². The van der Waals surface area contributed by atoms with Gasteiger partial charge in [0.2, 0.25) is 0 Å². The van der Waals surface area contributed by atoms with E-state index < -0.39 is 0 Å². The van der Waals surface area contributed by atoms with Gasteiger partial charge in [-0.3, -0.25) is 0 Å². The van der Waals surface area contributed by atoms with Gasteiger partial charge in [-0.1, -0.05) is 13.8 Å². The molecule has 0 fully saturated rings. The van der Waals surface area contributed by atoms with Gasteiger partial charge in [-0.05, 0) is 18.1 Å². The van der Waals surface area contributed by atoms with Crippen LogP contribution in [0.25, 0.3) is 11.0 Å². The van der Waals surface area contributed by atoms with E-state index in [1.165, 1.54) is 0 Å². The van der Waals surface area contributed by atoms with Crippen LogP contribution in [0.5, 0.6) is 5.75 Å². The number of imidazole rings is 1. The molecule has 0 spiro atoms. The lowest BCUT2D eigenvalue weighted by atomic mass is 9.95. The molecule has 3 N–H and O–H groups in total. The normalized spacial score (nSPS) is 13.2. The summed E-state index contributed by atoms with van der Waals surface area (Å²) in [5, 5.41) is 0. The van der Waals surface area contributed by atoms with Crippen molar-refractivity contribution < 1.29 is 4.74 Å². The highest BCUT2D eigenvalue weighted by molar-refractivity contribution is 5.76. The molecule has 0 saturated carbocycles. The zero-order valence-electron chi connectivity index (χ0n) is 10.5. The summed E-state index contributed by atoms with van der Waals surface area (Å²) in [5.41, 5.74) is 7.76. The molecule has 0 saturated heterocycles. The molecule has 1 heterocycles. The van der Waals surface area contributed by atoms with Gasteiger partial charge in [0.25, 0.3) is 0 Å². The first kappa shape index (κ1) is 11.9. The maximum atomic E-state index is 5.80. The van der Waals surface area contributed by atoms with Crippen molar-refractivity contribution in [2.45, 2.75) is 19.8 Å². The Hall–Kier alpha value is -1.55. The van der Waals surface area contributed by atoms with Crippen LogP contribution < -0.4 is 10.5 Å². The van der Waals surface area contributed by atoms with Gasteiger partial charge in [0, 0.05) is 18.5 Å². The summed E-state index contributed by atoms with van der Waals surface area (Å²) in [7, 11) is 1.66. The van der Waals surface area contributed by atoms with Crippen LogP contribution in [-0.4, -0.2) is 23.6 Å². The summed E-state index contributed by atoms with van der Waals surface area (Å²) in [4.78, 5) is 7.92. The molecule has 1 aromatic heterocycles. The Labute approximate surface area is 101 Å². The van der Waals surface area contributed by atoms with Gasteiger partial charge >= 0.3 is 0 Å². The van der Waals surface area contributed by atoms with Crippen molar-refractivity contribution in [3.05, 3.63) is 24.0 Å². The van der Waals surface area contributed by atoms with Crippen LogP contribution in [0.4, 0.5) is 0 Å². The number of benzene rings is 1. The summed E-state index contributed by atoms with van der Waals surface area (Å²) in [5.74, 6) is 2.54. The van der Waals surface area contributed by atoms with Crippen molar-refractivity contribution in [1.82, 2.24) is 9.97 Å². The summed E-state index contributed by atoms with van der Waals surface area (Å²) in [6.45, 7) is 4.92. The second kappa shape index (κ2) is 4.75. The van der Waals surface area contributed by atoms with Gasteiger partial charge < -0.3 is 15.5 Å². The second-order valence-electron chi connectivity index (χ2n) is 4.59. The number of aromatic amines is 1. The number of hydrogen-bond acceptors (Lipinski definition) is 3. The summed E-state index contributed by atoms with van der Waals surface area (Å²) >= 11 is 0. The van der Waals surface area contributed by atoms with Crippen molar-refractivity contribution in [1.29, 1.82) is 0 Å². The van der Waals surface area contributed by atoms with E-state index in [9.17, 15) is 0 Å². The number of aromatic nitrogens is 2. The summed E-state index contributed by atoms with van der Waals surface area (Å²) < 4.78 is 5.19. The van der Waals surface area contributed by atoms with Crippen LogP contribution in [-0.2, 0) is 0 Å². The van der Waals surface area contributed by atoms with Gasteiger partial charge in [-0.15, -0.1) is 0 Å². The smallest absolute Gasteiger partial charge is 0.121 e. The van der Waals surface area contributed by atoms with E-state index in [4.69, 9.17) is 10.5 Å². The molecule has 2 rings (SSSR count). The number of nitrogens with one attached hydrogen (secondary N) is 1. The van der Waals surface area contributed by atoms with Crippen molar-refractivity contribution in [3.8, 4) is 5.75 Å². The number of rotatable bonds is 4. The molecule has 4 nitrogen and oxygen atoms in total. The minimum Gasteiger partial charge on any atom is -0.497 e. The highest BCUT2D eigenvalue weighted by Crippen LogP contribution is 2.25. The van der Waals surface area contributed by atoms with Crippen LogP contribution in [0.1, 0.15) is 25.6 Å². The standard InChI is InChI=1S/C13H19N3O/c1-8(2)10(7-14)13-15-11-5-4-9(17-3)6-12(11)16-13/h4-6,8,10H,7,14H2,1-3H3,(H,15,16). The molecule has 0 aliphatic carbocycles. The lowest BCUT2D eigenvalue weighted by molar-refractivity contribution is 0.415. The first-order valence-electron chi connectivity index (χ1n) is 5.89. The van der Waals surface area contributed by atoms with E-state index in [1.807, 2.05) is 18.2 Å². The third kappa shape index (κ3) is 2.26. The molecule has 2 aromatic rings. The zero-order chi connectivity index (χ0) is 12.4. The first-order chi connectivity index (χ1) is 8.15. The topological polar surface area (TPSA) is 63.9 Å². The minimum absolute atomic E-state index is 0.272. The number of fused-ring (bicyclic) bond motifs is 1. The number of ether oxygens (including phenoxy) is 1. The highest BCUT2D eigenvalue weighted by atomic mass is 16.5. The second-order valence-corrected chi connectivity index (χ2v) is 4.59. The van der Waals surface area contributed by atoms with Crippen molar-refractivity contribution in [2.24, 2.45) is 11.7 Å². The predicted octanol–water partition coefficient (Wildman–Crippen LogP) is 2.27. The van der Waals surface area contributed by atoms with Crippen LogP contribution in [0, 0.1) is 5.92 Å². The summed E-state index contributed by atoms with van der Waals surface area (Å²) in [6.07, 6.45) is 0. The molecule has 1 atom stereocenters. The van der Waals surface area contributed by atoms with Gasteiger partial charge in [-0.2, -0.15) is 0 Å². The number of nitrogens with two attached hydrogens (primary N) is 1. The Morgan fingerprint density at radius 2 is 2.18 bits per heavy atom. The van der Waals surface area contributed by atoms with Gasteiger partial charge in [-0.25, -0.2) is 4.98 Å². The van der Waals surface area contributed by atoms with E-state index >= 15 is 0 Å². The van der Waals surface area contributed by atoms with E-state index in [0.29, 0.717) is 12.5 Å². The molecule has 0 amide bonds. The van der Waals surface area contributed by atoms with E-state index in [1.54, 1.807) is 7.11 Å². The van der Waals surface area contributed by atoms with Gasteiger partial charge in [0.15, 0.2) is 0 Å². The third-order valence-corrected chi connectivity index (χ3v) is 3.12. The molecular formula is C13H19N3O. The Kier molecular flexibility index (Phi) is 3.33. The molecule has 17 heavy (non-hydrogen) atoms. The molecule has 92 valence electrons. The maximum absolute atomic E-state index is 5.80. The first-order valence-corrected chi connectivity index (χ1v) is 5.89. The van der Waals surface area contributed by atoms with Crippen LogP contribution in [0.2, 0.25) is 0 Å².